The van der Waals surface area contributed by atoms with Crippen LogP contribution >= 0.6 is 0 Å². The van der Waals surface area contributed by atoms with E-state index in [4.69, 9.17) is 9.47 Å². The number of ketones is 1. The largest absolute Gasteiger partial charge is 0.497 e. The van der Waals surface area contributed by atoms with E-state index in [0.717, 1.165) is 37.4 Å². The van der Waals surface area contributed by atoms with Crippen molar-refractivity contribution < 1.29 is 23.5 Å². The maximum atomic E-state index is 12.7. The fourth-order valence-corrected chi connectivity index (χ4v) is 4.46. The molecule has 2 aromatic carbocycles. The predicted octanol–water partition coefficient (Wildman–Crippen LogP) is 5.00. The molecule has 2 aromatic rings. The highest BCUT2D eigenvalue weighted by Gasteiger charge is 2.20. The van der Waals surface area contributed by atoms with Crippen LogP contribution in [-0.2, 0) is 11.2 Å². The molecule has 0 aromatic heterocycles. The number of rotatable bonds is 16. The molecule has 0 spiro atoms. The molecule has 1 saturated heterocycles. The van der Waals surface area contributed by atoms with E-state index < -0.39 is 0 Å². The minimum atomic E-state index is -0.314. The van der Waals surface area contributed by atoms with E-state index >= 15 is 0 Å². The van der Waals surface area contributed by atoms with Crippen LogP contribution < -0.4 is 14.8 Å². The first-order valence-electron chi connectivity index (χ1n) is 13.0. The zero-order valence-corrected chi connectivity index (χ0v) is 21.3. The van der Waals surface area contributed by atoms with Gasteiger partial charge in [0.15, 0.2) is 5.78 Å². The summed E-state index contributed by atoms with van der Waals surface area (Å²) in [6, 6.07) is 15.0. The number of nitrogens with zero attached hydrogens (tertiary/aromatic N) is 1. The number of likely N-dealkylation sites (tertiary alicyclic amines) is 1. The number of Topliss-reactive ketones (excluding diaryl/α,β-unsaturated/α-hetero) is 1. The van der Waals surface area contributed by atoms with Gasteiger partial charge in [0.1, 0.15) is 11.5 Å². The molecule has 0 bridgehead atoms. The molecular weight excluding hydrogens is 459 g/mol. The molecular formula is C29H39FN2O4. The summed E-state index contributed by atoms with van der Waals surface area (Å²) in [6.07, 6.45) is 5.52. The smallest absolute Gasteiger partial charge is 0.220 e. The summed E-state index contributed by atoms with van der Waals surface area (Å²) in [4.78, 5) is 27.6. The quantitative estimate of drug-likeness (QED) is 0.261. The molecule has 1 aliphatic rings. The summed E-state index contributed by atoms with van der Waals surface area (Å²) in [5.74, 6) is 1.51. The topological polar surface area (TPSA) is 67.9 Å². The molecule has 0 radical (unpaired) electrons. The van der Waals surface area contributed by atoms with Gasteiger partial charge in [0.05, 0.1) is 20.4 Å². The number of unbranched alkanes of at least 4 members (excludes halogenated alkanes) is 1. The van der Waals surface area contributed by atoms with Gasteiger partial charge in [-0.15, -0.1) is 0 Å². The van der Waals surface area contributed by atoms with Gasteiger partial charge in [-0.2, -0.15) is 0 Å². The van der Waals surface area contributed by atoms with Crippen LogP contribution in [0.4, 0.5) is 4.39 Å². The van der Waals surface area contributed by atoms with Crippen molar-refractivity contribution in [2.45, 2.75) is 57.4 Å². The van der Waals surface area contributed by atoms with Gasteiger partial charge in [-0.25, -0.2) is 0 Å². The van der Waals surface area contributed by atoms with Gasteiger partial charge < -0.3 is 19.7 Å². The molecule has 1 atom stereocenters. The summed E-state index contributed by atoms with van der Waals surface area (Å²) in [5.41, 5.74) is 1.77. The van der Waals surface area contributed by atoms with E-state index in [-0.39, 0.29) is 24.4 Å². The van der Waals surface area contributed by atoms with Crippen LogP contribution in [0.1, 0.15) is 60.9 Å². The van der Waals surface area contributed by atoms with Crippen LogP contribution in [0.5, 0.6) is 11.5 Å². The van der Waals surface area contributed by atoms with E-state index in [2.05, 4.69) is 10.2 Å². The molecule has 6 nitrogen and oxygen atoms in total. The first kappa shape index (κ1) is 27.7. The Balaban J connectivity index is 1.47. The number of hydrogen-bond acceptors (Lipinski definition) is 5. The molecule has 1 unspecified atom stereocenters. The second-order valence-electron chi connectivity index (χ2n) is 9.37. The van der Waals surface area contributed by atoms with E-state index in [1.54, 1.807) is 31.4 Å². The number of hydrogen-bond donors (Lipinski definition) is 1. The lowest BCUT2D eigenvalue weighted by Crippen LogP contribution is -2.44. The Bertz CT molecular complexity index is 927. The summed E-state index contributed by atoms with van der Waals surface area (Å²) in [5, 5.41) is 3.21. The van der Waals surface area contributed by atoms with Gasteiger partial charge in [0, 0.05) is 31.0 Å². The fraction of sp³-hybridized carbons (Fsp3) is 0.517. The standard InChI is InChI=1S/C29H39FN2O4/c1-35-26-15-11-24(12-16-26)28(33)7-6-8-29(34)31-25(22-32-18-3-4-19-32)21-23-9-13-27(14-10-23)36-20-5-2-17-30/h9-16,25H,2-8,17-22H2,1H3,(H,31,34). The summed E-state index contributed by atoms with van der Waals surface area (Å²) < 4.78 is 23.0. The normalized spacial score (nSPS) is 14.4. The van der Waals surface area contributed by atoms with Crippen molar-refractivity contribution in [2.75, 3.05) is 40.0 Å². The molecule has 1 amide bonds. The molecule has 1 N–H and O–H groups in total. The Labute approximate surface area is 214 Å². The van der Waals surface area contributed by atoms with Gasteiger partial charge >= 0.3 is 0 Å². The Morgan fingerprint density at radius 3 is 2.31 bits per heavy atom. The van der Waals surface area contributed by atoms with Crippen LogP contribution in [0, 0.1) is 0 Å². The highest BCUT2D eigenvalue weighted by Crippen LogP contribution is 2.17. The minimum Gasteiger partial charge on any atom is -0.497 e. The van der Waals surface area contributed by atoms with Crippen molar-refractivity contribution in [1.82, 2.24) is 10.2 Å². The zero-order chi connectivity index (χ0) is 25.6. The number of benzene rings is 2. The van der Waals surface area contributed by atoms with Gasteiger partial charge in [-0.3, -0.25) is 14.0 Å². The monoisotopic (exact) mass is 498 g/mol. The molecule has 1 fully saturated rings. The van der Waals surface area contributed by atoms with E-state index in [1.165, 1.54) is 12.8 Å². The maximum absolute atomic E-state index is 12.7. The van der Waals surface area contributed by atoms with Gasteiger partial charge in [-0.1, -0.05) is 12.1 Å². The maximum Gasteiger partial charge on any atom is 0.220 e. The lowest BCUT2D eigenvalue weighted by Gasteiger charge is -2.25. The molecule has 3 rings (SSSR count). The number of nitrogens with one attached hydrogen (secondary N) is 1. The number of ether oxygens (including phenoxy) is 2. The summed E-state index contributed by atoms with van der Waals surface area (Å²) >= 11 is 0. The number of alkyl halides is 1. The van der Waals surface area contributed by atoms with Crippen LogP contribution in [0.15, 0.2) is 48.5 Å². The van der Waals surface area contributed by atoms with Crippen LogP contribution in [-0.4, -0.2) is 62.7 Å². The predicted molar refractivity (Wildman–Crippen MR) is 140 cm³/mol. The van der Waals surface area contributed by atoms with Crippen molar-refractivity contribution >= 4 is 11.7 Å². The lowest BCUT2D eigenvalue weighted by atomic mass is 10.0. The number of methoxy groups -OCH3 is 1. The molecule has 196 valence electrons. The SMILES string of the molecule is COc1ccc(C(=O)CCCC(=O)NC(Cc2ccc(OCCCCF)cc2)CN2CCCC2)cc1. The number of halogens is 1. The Morgan fingerprint density at radius 1 is 0.944 bits per heavy atom. The van der Waals surface area contributed by atoms with Gasteiger partial charge in [0.2, 0.25) is 5.91 Å². The average molecular weight is 499 g/mol. The van der Waals surface area contributed by atoms with Crippen LogP contribution in [0.2, 0.25) is 0 Å². The van der Waals surface area contributed by atoms with Crippen LogP contribution in [0.25, 0.3) is 0 Å². The third-order valence-electron chi connectivity index (χ3n) is 6.46. The fourth-order valence-electron chi connectivity index (χ4n) is 4.46. The first-order valence-corrected chi connectivity index (χ1v) is 13.0. The zero-order valence-electron chi connectivity index (χ0n) is 21.3. The summed E-state index contributed by atoms with van der Waals surface area (Å²) in [6.45, 7) is 3.14. The van der Waals surface area contributed by atoms with E-state index in [1.807, 2.05) is 24.3 Å². The first-order chi connectivity index (χ1) is 17.6. The van der Waals surface area contributed by atoms with Gasteiger partial charge in [-0.05, 0) is 93.6 Å². The third kappa shape index (κ3) is 9.61. The Kier molecular flexibility index (Phi) is 11.7. The minimum absolute atomic E-state index is 0.00390. The third-order valence-corrected chi connectivity index (χ3v) is 6.46. The molecule has 1 heterocycles. The highest BCUT2D eigenvalue weighted by atomic mass is 19.1. The van der Waals surface area contributed by atoms with E-state index in [9.17, 15) is 14.0 Å². The average Bonchev–Trinajstić information content (AvgIpc) is 3.40. The van der Waals surface area contributed by atoms with Gasteiger partial charge in [0.25, 0.3) is 0 Å². The highest BCUT2D eigenvalue weighted by molar-refractivity contribution is 5.96. The Hall–Kier alpha value is -2.93. The number of amides is 1. The summed E-state index contributed by atoms with van der Waals surface area (Å²) in [7, 11) is 1.59. The van der Waals surface area contributed by atoms with E-state index in [0.29, 0.717) is 50.0 Å². The molecule has 7 heteroatoms. The Morgan fingerprint density at radius 2 is 1.64 bits per heavy atom. The lowest BCUT2D eigenvalue weighted by molar-refractivity contribution is -0.122. The molecule has 1 aliphatic heterocycles. The van der Waals surface area contributed by atoms with Crippen molar-refractivity contribution in [3.8, 4) is 11.5 Å². The number of carbonyl (C=O) groups is 2. The molecule has 0 aliphatic carbocycles. The van der Waals surface area contributed by atoms with Crippen molar-refractivity contribution in [3.05, 3.63) is 59.7 Å². The number of carbonyl (C=O) groups excluding carboxylic acids is 2. The van der Waals surface area contributed by atoms with Crippen LogP contribution in [0.3, 0.4) is 0 Å². The van der Waals surface area contributed by atoms with Crippen molar-refractivity contribution in [3.63, 3.8) is 0 Å². The molecule has 36 heavy (non-hydrogen) atoms. The van der Waals surface area contributed by atoms with Crippen molar-refractivity contribution in [1.29, 1.82) is 0 Å². The van der Waals surface area contributed by atoms with Crippen molar-refractivity contribution in [2.24, 2.45) is 0 Å². The molecule has 0 saturated carbocycles. The second kappa shape index (κ2) is 15.2. The second-order valence-corrected chi connectivity index (χ2v) is 9.37.